The Labute approximate surface area is 133 Å². The zero-order valence-corrected chi connectivity index (χ0v) is 13.3. The number of alkyl carbamates (subject to hydrolysis) is 1. The Bertz CT molecular complexity index is 428. The lowest BCUT2D eigenvalue weighted by Gasteiger charge is -2.26. The van der Waals surface area contributed by atoms with Crippen LogP contribution >= 0.6 is 11.8 Å². The molecule has 9 heteroatoms. The summed E-state index contributed by atoms with van der Waals surface area (Å²) in [6.45, 7) is 3.82. The highest BCUT2D eigenvalue weighted by Crippen LogP contribution is 2.30. The second kappa shape index (κ2) is 8.35. The fraction of sp³-hybridized carbons (Fsp3) is 0.769. The van der Waals surface area contributed by atoms with E-state index in [1.165, 1.54) is 11.8 Å². The fourth-order valence-corrected chi connectivity index (χ4v) is 3.79. The van der Waals surface area contributed by atoms with Crippen molar-refractivity contribution in [3.8, 4) is 0 Å². The summed E-state index contributed by atoms with van der Waals surface area (Å²) in [6.07, 6.45) is -0.114. The van der Waals surface area contributed by atoms with Gasteiger partial charge in [-0.3, -0.25) is 14.9 Å². The second-order valence-corrected chi connectivity index (χ2v) is 6.44. The van der Waals surface area contributed by atoms with Crippen LogP contribution in [0.5, 0.6) is 0 Å². The predicted octanol–water partition coefficient (Wildman–Crippen LogP) is -0.779. The summed E-state index contributed by atoms with van der Waals surface area (Å²) >= 11 is 1.53. The molecule has 2 heterocycles. The van der Waals surface area contributed by atoms with Crippen LogP contribution in [-0.2, 0) is 14.3 Å². The molecule has 0 spiro atoms. The minimum atomic E-state index is -0.741. The van der Waals surface area contributed by atoms with Crippen molar-refractivity contribution in [3.05, 3.63) is 0 Å². The molecule has 3 amide bonds. The third kappa shape index (κ3) is 4.59. The summed E-state index contributed by atoms with van der Waals surface area (Å²) in [7, 11) is 0. The number of nitrogens with one attached hydrogen (secondary N) is 4. The van der Waals surface area contributed by atoms with E-state index in [-0.39, 0.29) is 23.8 Å². The van der Waals surface area contributed by atoms with Gasteiger partial charge in [0.1, 0.15) is 0 Å². The van der Waals surface area contributed by atoms with E-state index < -0.39 is 17.9 Å². The third-order valence-corrected chi connectivity index (χ3v) is 4.89. The maximum absolute atomic E-state index is 12.2. The van der Waals surface area contributed by atoms with Gasteiger partial charge < -0.3 is 20.7 Å². The van der Waals surface area contributed by atoms with Crippen LogP contribution in [0.15, 0.2) is 0 Å². The molecule has 2 rings (SSSR count). The summed E-state index contributed by atoms with van der Waals surface area (Å²) in [5.74, 6) is -0.263. The minimum Gasteiger partial charge on any atom is -0.450 e. The molecule has 8 nitrogen and oxygen atoms in total. The van der Waals surface area contributed by atoms with Gasteiger partial charge in [-0.15, -0.1) is 11.8 Å². The first-order chi connectivity index (χ1) is 10.6. The Balaban J connectivity index is 1.85. The molecular formula is C13H22N4O4S. The Morgan fingerprint density at radius 2 is 1.95 bits per heavy atom. The SMILES string of the molecule is CCOC(=O)NC(=O)C1CCSC1NC(=O)C1CNCNC1. The van der Waals surface area contributed by atoms with E-state index in [1.807, 2.05) is 0 Å². The smallest absolute Gasteiger partial charge is 0.413 e. The number of ether oxygens (including phenoxy) is 1. The molecule has 0 aromatic carbocycles. The van der Waals surface area contributed by atoms with Gasteiger partial charge in [-0.05, 0) is 19.1 Å². The molecule has 4 N–H and O–H groups in total. The molecule has 2 fully saturated rings. The van der Waals surface area contributed by atoms with Crippen LogP contribution in [0.4, 0.5) is 4.79 Å². The molecule has 0 aromatic heterocycles. The van der Waals surface area contributed by atoms with Crippen LogP contribution in [0.25, 0.3) is 0 Å². The van der Waals surface area contributed by atoms with Crippen LogP contribution in [0, 0.1) is 11.8 Å². The summed E-state index contributed by atoms with van der Waals surface area (Å²) in [4.78, 5) is 35.6. The first-order valence-electron chi connectivity index (χ1n) is 7.42. The third-order valence-electron chi connectivity index (χ3n) is 3.62. The zero-order valence-electron chi connectivity index (χ0n) is 12.5. The summed E-state index contributed by atoms with van der Waals surface area (Å²) < 4.78 is 4.70. The normalized spacial score (nSPS) is 25.5. The number of carbonyl (C=O) groups is 3. The second-order valence-electron chi connectivity index (χ2n) is 5.19. The first-order valence-corrected chi connectivity index (χ1v) is 8.47. The molecule has 0 radical (unpaired) electrons. The van der Waals surface area contributed by atoms with E-state index in [1.54, 1.807) is 6.92 Å². The van der Waals surface area contributed by atoms with E-state index >= 15 is 0 Å². The van der Waals surface area contributed by atoms with Gasteiger partial charge >= 0.3 is 6.09 Å². The summed E-state index contributed by atoms with van der Waals surface area (Å²) in [6, 6.07) is 0. The monoisotopic (exact) mass is 330 g/mol. The minimum absolute atomic E-state index is 0.0759. The summed E-state index contributed by atoms with van der Waals surface area (Å²) in [5, 5.41) is 11.0. The molecule has 124 valence electrons. The lowest BCUT2D eigenvalue weighted by Crippen LogP contribution is -2.52. The van der Waals surface area contributed by atoms with Crippen molar-refractivity contribution >= 4 is 29.7 Å². The highest BCUT2D eigenvalue weighted by molar-refractivity contribution is 8.00. The molecule has 2 aliphatic heterocycles. The number of carbonyl (C=O) groups excluding carboxylic acids is 3. The van der Waals surface area contributed by atoms with E-state index in [0.29, 0.717) is 26.2 Å². The Morgan fingerprint density at radius 3 is 2.64 bits per heavy atom. The van der Waals surface area contributed by atoms with Crippen molar-refractivity contribution in [2.24, 2.45) is 11.8 Å². The van der Waals surface area contributed by atoms with Gasteiger partial charge in [0.2, 0.25) is 11.8 Å². The molecule has 0 saturated carbocycles. The molecule has 22 heavy (non-hydrogen) atoms. The van der Waals surface area contributed by atoms with Gasteiger partial charge in [-0.25, -0.2) is 4.79 Å². The number of amides is 3. The van der Waals surface area contributed by atoms with Crippen LogP contribution in [0.3, 0.4) is 0 Å². The molecule has 0 aliphatic carbocycles. The molecule has 2 unspecified atom stereocenters. The van der Waals surface area contributed by atoms with E-state index in [9.17, 15) is 14.4 Å². The van der Waals surface area contributed by atoms with Crippen LogP contribution in [-0.4, -0.2) is 55.4 Å². The number of thioether (sulfide) groups is 1. The van der Waals surface area contributed by atoms with Crippen LogP contribution in [0.1, 0.15) is 13.3 Å². The number of hydrogen-bond donors (Lipinski definition) is 4. The molecule has 0 bridgehead atoms. The molecular weight excluding hydrogens is 308 g/mol. The highest BCUT2D eigenvalue weighted by atomic mass is 32.2. The van der Waals surface area contributed by atoms with Crippen molar-refractivity contribution in [1.82, 2.24) is 21.3 Å². The van der Waals surface area contributed by atoms with Gasteiger partial charge in [-0.1, -0.05) is 0 Å². The van der Waals surface area contributed by atoms with Crippen molar-refractivity contribution in [3.63, 3.8) is 0 Å². The predicted molar refractivity (Wildman–Crippen MR) is 82.0 cm³/mol. The molecule has 0 aromatic rings. The highest BCUT2D eigenvalue weighted by Gasteiger charge is 2.36. The van der Waals surface area contributed by atoms with Crippen molar-refractivity contribution in [2.75, 3.05) is 32.1 Å². The van der Waals surface area contributed by atoms with Gasteiger partial charge in [0, 0.05) is 19.8 Å². The van der Waals surface area contributed by atoms with Crippen LogP contribution < -0.4 is 21.3 Å². The van der Waals surface area contributed by atoms with Gasteiger partial charge in [0.25, 0.3) is 0 Å². The fourth-order valence-electron chi connectivity index (χ4n) is 2.46. The quantitative estimate of drug-likeness (QED) is 0.535. The maximum atomic E-state index is 12.2. The lowest BCUT2D eigenvalue weighted by atomic mass is 10.0. The Hall–Kier alpha value is -1.32. The molecule has 2 saturated heterocycles. The van der Waals surface area contributed by atoms with E-state index in [0.717, 1.165) is 5.75 Å². The average Bonchev–Trinajstić information content (AvgIpc) is 2.96. The lowest BCUT2D eigenvalue weighted by molar-refractivity contribution is -0.127. The Morgan fingerprint density at radius 1 is 1.23 bits per heavy atom. The summed E-state index contributed by atoms with van der Waals surface area (Å²) in [5.41, 5.74) is 0. The molecule has 2 atom stereocenters. The van der Waals surface area contributed by atoms with Crippen LogP contribution in [0.2, 0.25) is 0 Å². The standard InChI is InChI=1S/C13H22N4O4S/c1-2-21-13(20)17-11(19)9-3-4-22-12(9)16-10(18)8-5-14-7-15-6-8/h8-9,12,14-15H,2-7H2,1H3,(H,16,18)(H,17,19,20). The first kappa shape index (κ1) is 17.0. The van der Waals surface area contributed by atoms with Gasteiger partial charge in [-0.2, -0.15) is 0 Å². The average molecular weight is 330 g/mol. The largest absolute Gasteiger partial charge is 0.450 e. The Kier molecular flexibility index (Phi) is 6.47. The molecule has 2 aliphatic rings. The van der Waals surface area contributed by atoms with Crippen molar-refractivity contribution in [1.29, 1.82) is 0 Å². The topological polar surface area (TPSA) is 109 Å². The van der Waals surface area contributed by atoms with Gasteiger partial charge in [0.15, 0.2) is 0 Å². The van der Waals surface area contributed by atoms with E-state index in [2.05, 4.69) is 21.3 Å². The van der Waals surface area contributed by atoms with Crippen molar-refractivity contribution in [2.45, 2.75) is 18.7 Å². The maximum Gasteiger partial charge on any atom is 0.413 e. The number of rotatable bonds is 4. The van der Waals surface area contributed by atoms with Crippen molar-refractivity contribution < 1.29 is 19.1 Å². The van der Waals surface area contributed by atoms with Gasteiger partial charge in [0.05, 0.1) is 23.8 Å². The number of hydrogen-bond acceptors (Lipinski definition) is 7. The zero-order chi connectivity index (χ0) is 15.9. The van der Waals surface area contributed by atoms with E-state index in [4.69, 9.17) is 4.74 Å². The number of imide groups is 1.